The number of fused-ring (bicyclic) bond motifs is 2. The number of pyridine rings is 2. The smallest absolute Gasteiger partial charge is 0.185 e. The number of phenolic OH excluding ortho intramolecular Hbond substituents is 2. The van der Waals surface area contributed by atoms with Crippen molar-refractivity contribution in [3.05, 3.63) is 120 Å². The monoisotopic (exact) mass is 755 g/mol. The summed E-state index contributed by atoms with van der Waals surface area (Å²) in [6.45, 7) is 4.36. The van der Waals surface area contributed by atoms with E-state index in [9.17, 15) is 19.0 Å². The molecule has 8 aromatic rings. The summed E-state index contributed by atoms with van der Waals surface area (Å²) >= 11 is 0. The van der Waals surface area contributed by atoms with Crippen molar-refractivity contribution in [2.24, 2.45) is 4.99 Å². The Morgan fingerprint density at radius 1 is 0.661 bits per heavy atom. The molecule has 282 valence electrons. The topological polar surface area (TPSA) is 195 Å². The van der Waals surface area contributed by atoms with E-state index in [1.165, 1.54) is 18.3 Å². The minimum absolute atomic E-state index is 0.182. The van der Waals surface area contributed by atoms with E-state index in [1.54, 1.807) is 67.7 Å². The van der Waals surface area contributed by atoms with Crippen LogP contribution in [0.4, 0.5) is 20.4 Å². The molecule has 4 N–H and O–H groups in total. The predicted molar refractivity (Wildman–Crippen MR) is 207 cm³/mol. The lowest BCUT2D eigenvalue weighted by atomic mass is 10.2. The number of aliphatic imine (C=N–C) groups is 1. The number of hydrogen-bond acceptors (Lipinski definition) is 12. The molecule has 8 rings (SSSR count). The van der Waals surface area contributed by atoms with Gasteiger partial charge in [0, 0.05) is 37.6 Å². The maximum atomic E-state index is 13.9. The molecule has 0 spiro atoms. The van der Waals surface area contributed by atoms with Crippen LogP contribution in [0.1, 0.15) is 22.8 Å². The Labute approximate surface area is 318 Å². The molecule has 0 radical (unpaired) electrons. The number of aromatic hydroxyl groups is 2. The summed E-state index contributed by atoms with van der Waals surface area (Å²) < 4.78 is 31.3. The van der Waals surface area contributed by atoms with Crippen LogP contribution in [0.15, 0.2) is 90.4 Å². The lowest BCUT2D eigenvalue weighted by molar-refractivity contribution is 0.474. The lowest BCUT2D eigenvalue weighted by Gasteiger charge is -2.09. The normalized spacial score (nSPS) is 11.3. The van der Waals surface area contributed by atoms with Gasteiger partial charge in [-0.2, -0.15) is 0 Å². The summed E-state index contributed by atoms with van der Waals surface area (Å²) in [6, 6.07) is 16.4. The van der Waals surface area contributed by atoms with Gasteiger partial charge < -0.3 is 30.0 Å². The molecule has 0 aliphatic carbocycles. The van der Waals surface area contributed by atoms with E-state index >= 15 is 0 Å². The fourth-order valence-electron chi connectivity index (χ4n) is 5.86. The number of aryl methyl sites for hydroxylation is 2. The van der Waals surface area contributed by atoms with Gasteiger partial charge in [0.1, 0.15) is 46.4 Å². The fraction of sp³-hybridized carbons (Fsp3) is 0.154. The van der Waals surface area contributed by atoms with Gasteiger partial charge in [-0.1, -0.05) is 24.3 Å². The summed E-state index contributed by atoms with van der Waals surface area (Å²) in [6.07, 6.45) is 7.01. The standard InChI is InChI=1S/C21H20FN7O.C18H15FN6O/c1-13-25-19(24-12-28(2)3)18-21(26-13)29(11-14-4-6-17(30)7-5-14)20(27-18)15-8-16(22)10-23-9-15;1-10-22-16(20)15-18(23-10)25(9-11-2-4-14(26)5-3-11)17(24-15)12-6-13(19)8-21-7-12/h4-10,12,30H,11H2,1-3H3;2-8,26H,9H2,1H3,(H2,20,22,23). The number of aromatic nitrogens is 10. The van der Waals surface area contributed by atoms with Gasteiger partial charge in [0.2, 0.25) is 0 Å². The van der Waals surface area contributed by atoms with Crippen LogP contribution < -0.4 is 5.73 Å². The number of hydrogen-bond donors (Lipinski definition) is 3. The third-order valence-corrected chi connectivity index (χ3v) is 8.31. The highest BCUT2D eigenvalue weighted by Gasteiger charge is 2.20. The van der Waals surface area contributed by atoms with E-state index in [4.69, 9.17) is 10.7 Å². The van der Waals surface area contributed by atoms with Crippen molar-refractivity contribution >= 4 is 40.3 Å². The van der Waals surface area contributed by atoms with Gasteiger partial charge in [-0.05, 0) is 61.4 Å². The lowest BCUT2D eigenvalue weighted by Crippen LogP contribution is -2.07. The molecule has 0 aliphatic rings. The Hall–Kier alpha value is -7.43. The van der Waals surface area contributed by atoms with Crippen LogP contribution in [0.2, 0.25) is 0 Å². The molecule has 15 nitrogen and oxygen atoms in total. The van der Waals surface area contributed by atoms with Crippen LogP contribution in [0, 0.1) is 25.5 Å². The summed E-state index contributed by atoms with van der Waals surface area (Å²) in [5.41, 5.74) is 11.0. The molecule has 0 atom stereocenters. The van der Waals surface area contributed by atoms with Crippen molar-refractivity contribution in [3.63, 3.8) is 0 Å². The Bertz CT molecular complexity index is 2710. The highest BCUT2D eigenvalue weighted by Crippen LogP contribution is 2.31. The van der Waals surface area contributed by atoms with Gasteiger partial charge in [0.25, 0.3) is 0 Å². The molecular formula is C39H35F2N13O2. The van der Waals surface area contributed by atoms with E-state index in [0.717, 1.165) is 23.5 Å². The van der Waals surface area contributed by atoms with Crippen molar-refractivity contribution in [2.75, 3.05) is 19.8 Å². The highest BCUT2D eigenvalue weighted by atomic mass is 19.1. The quantitative estimate of drug-likeness (QED) is 0.121. The molecule has 0 bridgehead atoms. The van der Waals surface area contributed by atoms with E-state index in [0.29, 0.717) is 75.7 Å². The maximum absolute atomic E-state index is 13.9. The Balaban J connectivity index is 0.000000173. The fourth-order valence-corrected chi connectivity index (χ4v) is 5.86. The third kappa shape index (κ3) is 8.06. The second-order valence-electron chi connectivity index (χ2n) is 13.0. The molecule has 0 saturated carbocycles. The number of benzene rings is 2. The van der Waals surface area contributed by atoms with Crippen LogP contribution >= 0.6 is 0 Å². The molecule has 56 heavy (non-hydrogen) atoms. The SMILES string of the molecule is Cc1nc(N)c2nc(-c3cncc(F)c3)n(Cc3ccc(O)cc3)c2n1.Cc1nc(N=CN(C)C)c2nc(-c3cncc(F)c3)n(Cc3ccc(O)cc3)c2n1. The van der Waals surface area contributed by atoms with Gasteiger partial charge >= 0.3 is 0 Å². The van der Waals surface area contributed by atoms with E-state index in [2.05, 4.69) is 39.9 Å². The first-order valence-electron chi connectivity index (χ1n) is 17.2. The largest absolute Gasteiger partial charge is 0.508 e. The van der Waals surface area contributed by atoms with Crippen molar-refractivity contribution in [2.45, 2.75) is 26.9 Å². The van der Waals surface area contributed by atoms with Crippen LogP contribution in [0.5, 0.6) is 11.5 Å². The van der Waals surface area contributed by atoms with E-state index in [1.807, 2.05) is 35.4 Å². The minimum atomic E-state index is -0.457. The summed E-state index contributed by atoms with van der Waals surface area (Å²) in [5.74, 6) is 2.21. The van der Waals surface area contributed by atoms with Crippen molar-refractivity contribution < 1.29 is 19.0 Å². The molecule has 0 amide bonds. The molecule has 17 heteroatoms. The number of phenols is 2. The summed E-state index contributed by atoms with van der Waals surface area (Å²) in [4.78, 5) is 41.0. The third-order valence-electron chi connectivity index (χ3n) is 8.31. The van der Waals surface area contributed by atoms with Crippen LogP contribution in [0.3, 0.4) is 0 Å². The van der Waals surface area contributed by atoms with Crippen molar-refractivity contribution in [3.8, 4) is 34.3 Å². The van der Waals surface area contributed by atoms with Crippen molar-refractivity contribution in [1.82, 2.24) is 53.9 Å². The molecule has 2 aromatic carbocycles. The number of rotatable bonds is 8. The molecule has 6 aromatic heterocycles. The average molecular weight is 756 g/mol. The Morgan fingerprint density at radius 2 is 1.12 bits per heavy atom. The highest BCUT2D eigenvalue weighted by molar-refractivity contribution is 5.87. The number of nitrogen functional groups attached to an aromatic ring is 1. The van der Waals surface area contributed by atoms with Gasteiger partial charge in [-0.25, -0.2) is 43.7 Å². The maximum Gasteiger partial charge on any atom is 0.185 e. The predicted octanol–water partition coefficient (Wildman–Crippen LogP) is 5.98. The first kappa shape index (κ1) is 36.9. The zero-order chi connectivity index (χ0) is 39.5. The van der Waals surface area contributed by atoms with Crippen LogP contribution in [-0.4, -0.2) is 84.6 Å². The minimum Gasteiger partial charge on any atom is -0.508 e. The summed E-state index contributed by atoms with van der Waals surface area (Å²) in [5, 5.41) is 19.1. The Morgan fingerprint density at radius 3 is 1.61 bits per heavy atom. The van der Waals surface area contributed by atoms with Crippen LogP contribution in [0.25, 0.3) is 45.1 Å². The first-order chi connectivity index (χ1) is 26.9. The molecular weight excluding hydrogens is 721 g/mol. The summed E-state index contributed by atoms with van der Waals surface area (Å²) in [7, 11) is 3.73. The molecule has 0 unspecified atom stereocenters. The second-order valence-corrected chi connectivity index (χ2v) is 13.0. The zero-order valence-corrected chi connectivity index (χ0v) is 30.7. The van der Waals surface area contributed by atoms with E-state index < -0.39 is 11.6 Å². The van der Waals surface area contributed by atoms with E-state index in [-0.39, 0.29) is 17.3 Å². The van der Waals surface area contributed by atoms with Crippen molar-refractivity contribution in [1.29, 1.82) is 0 Å². The van der Waals surface area contributed by atoms with Gasteiger partial charge in [-0.3, -0.25) is 9.97 Å². The number of anilines is 1. The number of imidazole rings is 2. The Kier molecular flexibility index (Phi) is 10.2. The van der Waals surface area contributed by atoms with Gasteiger partial charge in [0.05, 0.1) is 31.8 Å². The van der Waals surface area contributed by atoms with Crippen LogP contribution in [-0.2, 0) is 13.1 Å². The zero-order valence-electron chi connectivity index (χ0n) is 30.7. The second kappa shape index (κ2) is 15.5. The van der Waals surface area contributed by atoms with Gasteiger partial charge in [0.15, 0.2) is 34.0 Å². The molecule has 0 aliphatic heterocycles. The number of nitrogens with two attached hydrogens (primary N) is 1. The molecule has 6 heterocycles. The number of nitrogens with zero attached hydrogens (tertiary/aromatic N) is 12. The first-order valence-corrected chi connectivity index (χ1v) is 17.2. The molecule has 0 fully saturated rings. The average Bonchev–Trinajstić information content (AvgIpc) is 3.71. The van der Waals surface area contributed by atoms with Gasteiger partial charge in [-0.15, -0.1) is 0 Å². The number of halogens is 2. The molecule has 0 saturated heterocycles.